The molecule has 31 unspecified atom stereocenters. The maximum Gasteiger partial charge on any atom is 0.156 e. The van der Waals surface area contributed by atoms with Gasteiger partial charge in [-0.25, -0.2) is 0 Å². The third-order valence-electron chi connectivity index (χ3n) is 47.6. The molecule has 0 radical (unpaired) electrons. The molecule has 1 spiro atoms. The Balaban J connectivity index is 0.703. The lowest BCUT2D eigenvalue weighted by Gasteiger charge is -2.90. The van der Waals surface area contributed by atoms with Gasteiger partial charge in [0.05, 0.1) is 0 Å². The van der Waals surface area contributed by atoms with E-state index < -0.39 is 0 Å². The number of hydrogen-bond acceptors (Lipinski definition) is 4. The molecule has 20 aliphatic carbocycles. The lowest BCUT2D eigenvalue weighted by atomic mass is 9.18. The highest BCUT2D eigenvalue weighted by molar-refractivity contribution is 6.65. The van der Waals surface area contributed by atoms with Gasteiger partial charge in [-0.1, -0.05) is 273 Å². The first-order chi connectivity index (χ1) is 56.3. The largest absolute Gasteiger partial charge is 0.295 e. The number of rotatable bonds is 11. The van der Waals surface area contributed by atoms with E-state index in [4.69, 9.17) is 0 Å². The fourth-order valence-electron chi connectivity index (χ4n) is 43.4. The number of hydrogen-bond donors (Lipinski definition) is 0. The van der Waals surface area contributed by atoms with Crippen molar-refractivity contribution in [3.05, 3.63) is 0 Å². The third-order valence-corrected chi connectivity index (χ3v) is 47.6. The molecule has 24 aliphatic rings. The highest BCUT2D eigenvalue weighted by atomic mass is 15.4. The highest BCUT2D eigenvalue weighted by Crippen LogP contribution is 2.84. The van der Waals surface area contributed by atoms with Gasteiger partial charge in [-0.15, -0.1) is 0 Å². The second-order valence-electron chi connectivity index (χ2n) is 53.0. The highest BCUT2D eigenvalue weighted by Gasteiger charge is 2.85. The standard InChI is InChI=1S/C110H179BN4/c1-108(2,3)79-51-74-45-46-75-52-80(109(4,5)6)61-92-87(58-78(53-79)103(74)104(75)92)73-47-50-97-94(59-73)111-93-49-48-83(112-95-43-27-25-41-85(95)86-42-26-28-44-96(86)112)64-98(93)115(107-90(71-37-21-11-22-38-71)56-77(68-31-15-8-16-32-68)57-91(107)72-39-23-12-24-40-72)100-66-84(113-101-62-81-60-82-63-102(113)110(81,82)101)65-99(105(100)111)114(97)106-88(69-33-17-9-18-34-69)54-76(67-29-13-7-14-30-67)55-89(106)70-35-19-10-20-36-70/h67-107H,7-66H2,1-6H3. The molecule has 4 heterocycles. The van der Waals surface area contributed by atoms with Crippen LogP contribution in [0.1, 0.15) is 427 Å². The van der Waals surface area contributed by atoms with Crippen LogP contribution in [0.15, 0.2) is 0 Å². The summed E-state index contributed by atoms with van der Waals surface area (Å²) < 4.78 is 0. The van der Waals surface area contributed by atoms with Gasteiger partial charge in [-0.3, -0.25) is 19.6 Å². The minimum Gasteiger partial charge on any atom is -0.295 e. The van der Waals surface area contributed by atoms with Crippen molar-refractivity contribution in [2.24, 2.45) is 170 Å². The molecule has 20 saturated carbocycles. The summed E-state index contributed by atoms with van der Waals surface area (Å²) in [5.74, 6) is 29.0. The molecule has 642 valence electrons. The molecule has 0 N–H and O–H groups in total. The molecule has 24 fully saturated rings. The maximum atomic E-state index is 4.12. The van der Waals surface area contributed by atoms with Crippen LogP contribution in [0.2, 0.25) is 17.5 Å². The molecule has 0 aromatic carbocycles. The van der Waals surface area contributed by atoms with Gasteiger partial charge in [0.1, 0.15) is 0 Å². The van der Waals surface area contributed by atoms with Crippen molar-refractivity contribution in [2.45, 2.75) is 517 Å². The van der Waals surface area contributed by atoms with E-state index in [2.05, 4.69) is 61.1 Å². The van der Waals surface area contributed by atoms with Crippen molar-refractivity contribution < 1.29 is 0 Å². The Morgan fingerprint density at radius 1 is 0.226 bits per heavy atom. The lowest BCUT2D eigenvalue weighted by molar-refractivity contribution is -0.408. The van der Waals surface area contributed by atoms with Gasteiger partial charge >= 0.3 is 0 Å². The van der Waals surface area contributed by atoms with Gasteiger partial charge in [0.2, 0.25) is 0 Å². The summed E-state index contributed by atoms with van der Waals surface area (Å²) in [7, 11) is 0. The minimum absolute atomic E-state index is 0.431. The molecule has 0 amide bonds. The van der Waals surface area contributed by atoms with Crippen molar-refractivity contribution in [1.29, 1.82) is 0 Å². The first kappa shape index (κ1) is 78.4. The Kier molecular flexibility index (Phi) is 21.2. The van der Waals surface area contributed by atoms with E-state index >= 15 is 0 Å². The molecule has 0 aromatic rings. The van der Waals surface area contributed by atoms with Crippen LogP contribution in [-0.2, 0) is 0 Å². The van der Waals surface area contributed by atoms with Gasteiger partial charge in [0.25, 0.3) is 0 Å². The minimum atomic E-state index is 0.431. The topological polar surface area (TPSA) is 13.0 Å². The number of piperidine rings is 2. The number of fused-ring (bicyclic) bond motifs is 7. The molecular formula is C110H179BN4. The monoisotopic (exact) mass is 1570 g/mol. The second-order valence-corrected chi connectivity index (χ2v) is 53.0. The van der Waals surface area contributed by atoms with Crippen molar-refractivity contribution in [3.63, 3.8) is 0 Å². The Labute approximate surface area is 708 Å². The van der Waals surface area contributed by atoms with Crippen LogP contribution in [0.25, 0.3) is 0 Å². The average molecular weight is 1570 g/mol. The predicted molar refractivity (Wildman–Crippen MR) is 479 cm³/mol. The molecule has 31 atom stereocenters. The van der Waals surface area contributed by atoms with Crippen LogP contribution in [0.4, 0.5) is 0 Å². The van der Waals surface area contributed by atoms with E-state index in [1.54, 1.807) is 385 Å². The van der Waals surface area contributed by atoms with Crippen molar-refractivity contribution in [3.8, 4) is 0 Å². The summed E-state index contributed by atoms with van der Waals surface area (Å²) in [5, 5.41) is 0. The summed E-state index contributed by atoms with van der Waals surface area (Å²) >= 11 is 0. The molecule has 0 bridgehead atoms. The fourth-order valence-corrected chi connectivity index (χ4v) is 43.4. The molecule has 4 aliphatic heterocycles. The molecule has 4 saturated heterocycles. The van der Waals surface area contributed by atoms with E-state index in [1.165, 1.54) is 0 Å². The van der Waals surface area contributed by atoms with E-state index in [0.29, 0.717) is 10.8 Å². The Hall–Kier alpha value is -0.0951. The van der Waals surface area contributed by atoms with E-state index in [0.717, 1.165) is 256 Å². The van der Waals surface area contributed by atoms with Crippen LogP contribution in [-0.4, -0.2) is 98.8 Å². The van der Waals surface area contributed by atoms with Gasteiger partial charge in [0, 0.05) is 77.9 Å². The van der Waals surface area contributed by atoms with Crippen molar-refractivity contribution >= 4 is 6.71 Å². The van der Waals surface area contributed by atoms with E-state index in [9.17, 15) is 0 Å². The van der Waals surface area contributed by atoms with E-state index in [-0.39, 0.29) is 0 Å². The molecular weight excluding hydrogens is 1390 g/mol. The maximum absolute atomic E-state index is 4.12. The average Bonchev–Trinajstić information content (AvgIpc) is 0.884. The summed E-state index contributed by atoms with van der Waals surface area (Å²) in [6, 6.07) is 10.5. The normalized spacial score (nSPS) is 53.1. The Bertz CT molecular complexity index is 3230. The van der Waals surface area contributed by atoms with Gasteiger partial charge in [-0.2, -0.15) is 0 Å². The van der Waals surface area contributed by atoms with Crippen LogP contribution in [0, 0.1) is 170 Å². The van der Waals surface area contributed by atoms with E-state index in [1.807, 2.05) is 0 Å². The quantitative estimate of drug-likeness (QED) is 0.191. The van der Waals surface area contributed by atoms with Gasteiger partial charge < -0.3 is 0 Å². The summed E-state index contributed by atoms with van der Waals surface area (Å²) in [5.41, 5.74) is 1.67. The van der Waals surface area contributed by atoms with Crippen LogP contribution in [0.5, 0.6) is 0 Å². The second kappa shape index (κ2) is 31.1. The van der Waals surface area contributed by atoms with Crippen molar-refractivity contribution in [1.82, 2.24) is 19.6 Å². The van der Waals surface area contributed by atoms with Crippen LogP contribution in [0.3, 0.4) is 0 Å². The fraction of sp³-hybridized carbons (Fsp3) is 1.00. The molecule has 115 heavy (non-hydrogen) atoms. The number of likely N-dealkylation sites (tertiary alicyclic amines) is 2. The molecule has 24 rings (SSSR count). The molecule has 4 nitrogen and oxygen atoms in total. The van der Waals surface area contributed by atoms with Crippen LogP contribution >= 0.6 is 0 Å². The Morgan fingerprint density at radius 3 is 1.11 bits per heavy atom. The third kappa shape index (κ3) is 12.9. The zero-order valence-electron chi connectivity index (χ0n) is 76.0. The van der Waals surface area contributed by atoms with Crippen LogP contribution < -0.4 is 0 Å². The first-order valence-corrected chi connectivity index (χ1v) is 55.4. The predicted octanol–water partition coefficient (Wildman–Crippen LogP) is 28.1. The summed E-state index contributed by atoms with van der Waals surface area (Å²) in [4.78, 5) is 15.5. The first-order valence-electron chi connectivity index (χ1n) is 55.4. The SMILES string of the molecule is CC(C)(C)C1CC2CCC3CC(C(C)(C)C)CC4C(C5CCC6C(C5)B5C7CCC(N8C9CCCCC9C9CCCCC98)CC7N(C7C(C8CCCCC8)CC(C8CCCCC8)CC7C7CCCCC7)C7CC(N8C9CC%10CC%11CC8C%10%119)CC(C57)N6C5C(C6CCCCC6)CC(C6CCCCC6)CC5C5CCCCC5)CC(C1)C2C34. The lowest BCUT2D eigenvalue weighted by Crippen LogP contribution is -2.94. The zero-order chi connectivity index (χ0) is 76.5. The Morgan fingerprint density at radius 2 is 0.635 bits per heavy atom. The molecule has 0 aromatic heterocycles. The molecule has 5 heteroatoms. The van der Waals surface area contributed by atoms with Crippen molar-refractivity contribution in [2.75, 3.05) is 0 Å². The zero-order valence-corrected chi connectivity index (χ0v) is 76.0. The smallest absolute Gasteiger partial charge is 0.156 e. The van der Waals surface area contributed by atoms with Gasteiger partial charge in [0.15, 0.2) is 6.71 Å². The summed E-state index contributed by atoms with van der Waals surface area (Å²) in [6.07, 6.45) is 95.7. The summed E-state index contributed by atoms with van der Waals surface area (Å²) in [6.45, 7) is 17.4. The number of nitrogens with zero attached hydrogens (tertiary/aromatic N) is 4. The van der Waals surface area contributed by atoms with Gasteiger partial charge in [-0.05, 0) is 336 Å².